The van der Waals surface area contributed by atoms with E-state index >= 15 is 0 Å². The fourth-order valence-electron chi connectivity index (χ4n) is 2.13. The first kappa shape index (κ1) is 19.5. The summed E-state index contributed by atoms with van der Waals surface area (Å²) in [5.41, 5.74) is 0.267. The van der Waals surface area contributed by atoms with Gasteiger partial charge in [0.1, 0.15) is 0 Å². The molecule has 140 valence electrons. The first-order chi connectivity index (χ1) is 12.7. The normalized spacial score (nSPS) is 11.3. The predicted molar refractivity (Wildman–Crippen MR) is 94.4 cm³/mol. The summed E-state index contributed by atoms with van der Waals surface area (Å²) in [5.74, 6) is -1.54. The molecule has 2 aromatic rings. The van der Waals surface area contributed by atoms with Gasteiger partial charge in [-0.3, -0.25) is 25.0 Å². The number of rotatable bonds is 6. The number of nitrogens with zero attached hydrogens (tertiary/aromatic N) is 2. The minimum absolute atomic E-state index is 0.0534. The average Bonchev–Trinajstić information content (AvgIpc) is 2.62. The molecule has 0 aliphatic heterocycles. The van der Waals surface area contributed by atoms with E-state index in [0.717, 1.165) is 6.07 Å². The lowest BCUT2D eigenvalue weighted by Gasteiger charge is -2.13. The molecule has 27 heavy (non-hydrogen) atoms. The topological polar surface area (TPSA) is 142 Å². The van der Waals surface area contributed by atoms with Gasteiger partial charge in [0, 0.05) is 29.4 Å². The third-order valence-electron chi connectivity index (χ3n) is 3.64. The Morgan fingerprint density at radius 2 is 1.67 bits per heavy atom. The van der Waals surface area contributed by atoms with Gasteiger partial charge in [-0.15, -0.1) is 0 Å². The number of nitro benzene ring substituents is 2. The van der Waals surface area contributed by atoms with E-state index in [9.17, 15) is 29.8 Å². The van der Waals surface area contributed by atoms with Crippen molar-refractivity contribution in [2.75, 3.05) is 5.32 Å². The molecular formula is C17H15N3O7. The van der Waals surface area contributed by atoms with Crippen molar-refractivity contribution in [3.8, 4) is 0 Å². The van der Waals surface area contributed by atoms with Crippen molar-refractivity contribution < 1.29 is 24.2 Å². The van der Waals surface area contributed by atoms with Crippen LogP contribution in [-0.2, 0) is 9.53 Å². The van der Waals surface area contributed by atoms with Crippen LogP contribution in [0, 0.1) is 27.2 Å². The second-order valence-electron chi connectivity index (χ2n) is 5.60. The SMILES string of the molecule is Cc1ccc(C(=O)OC(C)C(=O)Nc2ccc([N+](=O)[O-])cc2)cc1[N+](=O)[O-]. The summed E-state index contributed by atoms with van der Waals surface area (Å²) in [5, 5.41) is 24.0. The molecule has 1 atom stereocenters. The number of benzene rings is 2. The van der Waals surface area contributed by atoms with Crippen LogP contribution in [0.5, 0.6) is 0 Å². The van der Waals surface area contributed by atoms with Crippen LogP contribution in [0.4, 0.5) is 17.1 Å². The van der Waals surface area contributed by atoms with E-state index in [1.807, 2.05) is 0 Å². The summed E-state index contributed by atoms with van der Waals surface area (Å²) in [6.07, 6.45) is -1.19. The third kappa shape index (κ3) is 4.84. The fraction of sp³-hybridized carbons (Fsp3) is 0.176. The summed E-state index contributed by atoms with van der Waals surface area (Å²) in [7, 11) is 0. The highest BCUT2D eigenvalue weighted by Crippen LogP contribution is 2.20. The number of amides is 1. The maximum atomic E-state index is 12.1. The maximum absolute atomic E-state index is 12.1. The predicted octanol–water partition coefficient (Wildman–Crippen LogP) is 3.00. The largest absolute Gasteiger partial charge is 0.449 e. The zero-order valence-electron chi connectivity index (χ0n) is 14.4. The molecule has 1 amide bonds. The number of aryl methyl sites for hydroxylation is 1. The molecule has 0 saturated heterocycles. The number of hydrogen-bond donors (Lipinski definition) is 1. The monoisotopic (exact) mass is 373 g/mol. The van der Waals surface area contributed by atoms with Crippen LogP contribution < -0.4 is 5.32 Å². The average molecular weight is 373 g/mol. The molecule has 0 radical (unpaired) electrons. The molecule has 0 aromatic heterocycles. The van der Waals surface area contributed by atoms with Crippen molar-refractivity contribution in [2.45, 2.75) is 20.0 Å². The lowest BCUT2D eigenvalue weighted by atomic mass is 10.1. The first-order valence-electron chi connectivity index (χ1n) is 7.70. The Morgan fingerprint density at radius 1 is 1.04 bits per heavy atom. The van der Waals surface area contributed by atoms with E-state index in [1.54, 1.807) is 0 Å². The van der Waals surface area contributed by atoms with E-state index in [2.05, 4.69) is 5.32 Å². The molecule has 0 fully saturated rings. The number of nitro groups is 2. The lowest BCUT2D eigenvalue weighted by Crippen LogP contribution is -2.30. The molecule has 10 heteroatoms. The molecule has 1 N–H and O–H groups in total. The standard InChI is InChI=1S/C17H15N3O7/c1-10-3-4-12(9-15(10)20(25)26)17(22)27-11(2)16(21)18-13-5-7-14(8-6-13)19(23)24/h3-9,11H,1-2H3,(H,18,21). The molecule has 0 aliphatic carbocycles. The van der Waals surface area contributed by atoms with Gasteiger partial charge in [-0.1, -0.05) is 6.07 Å². The number of anilines is 1. The van der Waals surface area contributed by atoms with Crippen LogP contribution in [0.3, 0.4) is 0 Å². The zero-order valence-corrected chi connectivity index (χ0v) is 14.4. The second-order valence-corrected chi connectivity index (χ2v) is 5.60. The van der Waals surface area contributed by atoms with Gasteiger partial charge in [-0.05, 0) is 32.0 Å². The van der Waals surface area contributed by atoms with Gasteiger partial charge in [0.05, 0.1) is 15.4 Å². The summed E-state index contributed by atoms with van der Waals surface area (Å²) in [6, 6.07) is 8.98. The van der Waals surface area contributed by atoms with Crippen LogP contribution in [0.1, 0.15) is 22.8 Å². The fourth-order valence-corrected chi connectivity index (χ4v) is 2.13. The van der Waals surface area contributed by atoms with Crippen LogP contribution >= 0.6 is 0 Å². The van der Waals surface area contributed by atoms with Crippen LogP contribution in [0.15, 0.2) is 42.5 Å². The molecule has 10 nitrogen and oxygen atoms in total. The van der Waals surface area contributed by atoms with Crippen LogP contribution in [0.25, 0.3) is 0 Å². The van der Waals surface area contributed by atoms with Crippen molar-refractivity contribution in [2.24, 2.45) is 0 Å². The van der Waals surface area contributed by atoms with Gasteiger partial charge in [0.2, 0.25) is 0 Å². The Labute approximate surface area is 153 Å². The molecule has 0 saturated carbocycles. The van der Waals surface area contributed by atoms with E-state index < -0.39 is 27.8 Å². The van der Waals surface area contributed by atoms with Crippen molar-refractivity contribution in [3.63, 3.8) is 0 Å². The number of non-ortho nitro benzene ring substituents is 1. The highest BCUT2D eigenvalue weighted by atomic mass is 16.6. The minimum Gasteiger partial charge on any atom is -0.449 e. The lowest BCUT2D eigenvalue weighted by molar-refractivity contribution is -0.385. The Morgan fingerprint density at radius 3 is 2.22 bits per heavy atom. The Hall–Kier alpha value is -3.82. The molecule has 1 unspecified atom stereocenters. The van der Waals surface area contributed by atoms with Gasteiger partial charge in [-0.2, -0.15) is 0 Å². The molecule has 2 rings (SSSR count). The molecule has 2 aromatic carbocycles. The summed E-state index contributed by atoms with van der Waals surface area (Å²) in [6.45, 7) is 2.87. The molecule has 0 bridgehead atoms. The van der Waals surface area contributed by atoms with E-state index in [0.29, 0.717) is 11.3 Å². The number of carbonyl (C=O) groups excluding carboxylic acids is 2. The van der Waals surface area contributed by atoms with Crippen LogP contribution in [-0.4, -0.2) is 27.8 Å². The van der Waals surface area contributed by atoms with Crippen molar-refractivity contribution in [1.82, 2.24) is 0 Å². The number of esters is 1. The highest BCUT2D eigenvalue weighted by molar-refractivity contribution is 5.97. The molecule has 0 aliphatic rings. The number of hydrogen-bond acceptors (Lipinski definition) is 7. The van der Waals surface area contributed by atoms with Crippen molar-refractivity contribution in [1.29, 1.82) is 0 Å². The second kappa shape index (κ2) is 8.04. The molecular weight excluding hydrogens is 358 g/mol. The third-order valence-corrected chi connectivity index (χ3v) is 3.64. The Bertz CT molecular complexity index is 909. The van der Waals surface area contributed by atoms with E-state index in [-0.39, 0.29) is 16.9 Å². The molecule has 0 spiro atoms. The summed E-state index contributed by atoms with van der Waals surface area (Å²) >= 11 is 0. The molecule has 0 heterocycles. The first-order valence-corrected chi connectivity index (χ1v) is 7.70. The smallest absolute Gasteiger partial charge is 0.339 e. The quantitative estimate of drug-likeness (QED) is 0.466. The van der Waals surface area contributed by atoms with Gasteiger partial charge in [0.15, 0.2) is 6.10 Å². The Balaban J connectivity index is 2.03. The highest BCUT2D eigenvalue weighted by Gasteiger charge is 2.21. The van der Waals surface area contributed by atoms with Crippen LogP contribution in [0.2, 0.25) is 0 Å². The maximum Gasteiger partial charge on any atom is 0.339 e. The van der Waals surface area contributed by atoms with E-state index in [4.69, 9.17) is 4.74 Å². The summed E-state index contributed by atoms with van der Waals surface area (Å²) < 4.78 is 5.03. The number of ether oxygens (including phenoxy) is 1. The minimum atomic E-state index is -1.19. The summed E-state index contributed by atoms with van der Waals surface area (Å²) in [4.78, 5) is 44.6. The number of carbonyl (C=O) groups is 2. The van der Waals surface area contributed by atoms with Gasteiger partial charge in [0.25, 0.3) is 17.3 Å². The van der Waals surface area contributed by atoms with Crippen molar-refractivity contribution >= 4 is 28.9 Å². The van der Waals surface area contributed by atoms with Gasteiger partial charge < -0.3 is 10.1 Å². The van der Waals surface area contributed by atoms with Crippen molar-refractivity contribution in [3.05, 3.63) is 73.8 Å². The van der Waals surface area contributed by atoms with E-state index in [1.165, 1.54) is 50.2 Å². The Kier molecular flexibility index (Phi) is 5.81. The van der Waals surface area contributed by atoms with Gasteiger partial charge >= 0.3 is 5.97 Å². The number of nitrogens with one attached hydrogen (secondary N) is 1. The van der Waals surface area contributed by atoms with Gasteiger partial charge in [-0.25, -0.2) is 4.79 Å². The zero-order chi connectivity index (χ0) is 20.1.